The Labute approximate surface area is 105 Å². The van der Waals surface area contributed by atoms with Crippen LogP contribution in [0, 0.1) is 17.8 Å². The van der Waals surface area contributed by atoms with Crippen LogP contribution in [0.25, 0.3) is 0 Å². The lowest BCUT2D eigenvalue weighted by Gasteiger charge is -2.27. The Morgan fingerprint density at radius 2 is 1.88 bits per heavy atom. The molecule has 2 atom stereocenters. The second kappa shape index (κ2) is 5.38. The van der Waals surface area contributed by atoms with Crippen LogP contribution in [0.4, 0.5) is 0 Å². The maximum atomic E-state index is 12.5. The first-order chi connectivity index (χ1) is 8.16. The van der Waals surface area contributed by atoms with Gasteiger partial charge >= 0.3 is 0 Å². The summed E-state index contributed by atoms with van der Waals surface area (Å²) < 4.78 is 0. The molecule has 0 saturated heterocycles. The first kappa shape index (κ1) is 12.9. The second-order valence-electron chi connectivity index (χ2n) is 5.91. The third kappa shape index (κ3) is 2.65. The number of fused-ring (bicyclic) bond motifs is 1. The quantitative estimate of drug-likeness (QED) is 0.796. The molecule has 0 aromatic heterocycles. The van der Waals surface area contributed by atoms with Gasteiger partial charge in [-0.15, -0.1) is 0 Å². The van der Waals surface area contributed by atoms with Gasteiger partial charge in [-0.2, -0.15) is 0 Å². The van der Waals surface area contributed by atoms with Crippen molar-refractivity contribution in [1.29, 1.82) is 0 Å². The Morgan fingerprint density at radius 3 is 2.35 bits per heavy atom. The minimum absolute atomic E-state index is 0.316. The van der Waals surface area contributed by atoms with Gasteiger partial charge in [0.05, 0.1) is 0 Å². The molecule has 0 aliphatic heterocycles. The molecule has 0 aromatic carbocycles. The van der Waals surface area contributed by atoms with Crippen molar-refractivity contribution in [2.45, 2.75) is 52.0 Å². The summed E-state index contributed by atoms with van der Waals surface area (Å²) in [6.07, 6.45) is 6.14. The Morgan fingerprint density at radius 1 is 1.29 bits per heavy atom. The van der Waals surface area contributed by atoms with Crippen LogP contribution < -0.4 is 5.73 Å². The molecule has 1 amide bonds. The van der Waals surface area contributed by atoms with Crippen LogP contribution in [0.3, 0.4) is 0 Å². The third-order valence-corrected chi connectivity index (χ3v) is 4.45. The number of hydrogen-bond acceptors (Lipinski definition) is 2. The number of carbonyl (C=O) groups is 1. The van der Waals surface area contributed by atoms with Crippen LogP contribution in [0.1, 0.15) is 46.0 Å². The van der Waals surface area contributed by atoms with Gasteiger partial charge in [0.15, 0.2) is 0 Å². The fourth-order valence-electron chi connectivity index (χ4n) is 3.43. The Kier molecular flexibility index (Phi) is 4.08. The van der Waals surface area contributed by atoms with E-state index in [0.717, 1.165) is 24.8 Å². The van der Waals surface area contributed by atoms with Crippen molar-refractivity contribution in [1.82, 2.24) is 4.90 Å². The first-order valence-corrected chi connectivity index (χ1v) is 7.17. The first-order valence-electron chi connectivity index (χ1n) is 7.17. The van der Waals surface area contributed by atoms with Crippen LogP contribution >= 0.6 is 0 Å². The largest absolute Gasteiger partial charge is 0.340 e. The summed E-state index contributed by atoms with van der Waals surface area (Å²) in [5.41, 5.74) is 5.55. The van der Waals surface area contributed by atoms with Crippen molar-refractivity contribution in [2.75, 3.05) is 13.1 Å². The summed E-state index contributed by atoms with van der Waals surface area (Å²) in [4.78, 5) is 14.6. The van der Waals surface area contributed by atoms with Gasteiger partial charge in [-0.1, -0.05) is 12.8 Å². The zero-order valence-electron chi connectivity index (χ0n) is 11.2. The minimum atomic E-state index is 0.316. The predicted molar refractivity (Wildman–Crippen MR) is 69.5 cm³/mol. The van der Waals surface area contributed by atoms with Crippen LogP contribution in [0.5, 0.6) is 0 Å². The SMILES string of the molecule is CC(C)N(CCCN)C(=O)C1C2CCCCC21. The molecule has 0 spiro atoms. The van der Waals surface area contributed by atoms with E-state index in [-0.39, 0.29) is 0 Å². The highest BCUT2D eigenvalue weighted by atomic mass is 16.2. The maximum absolute atomic E-state index is 12.5. The monoisotopic (exact) mass is 238 g/mol. The van der Waals surface area contributed by atoms with Gasteiger partial charge in [0, 0.05) is 18.5 Å². The molecule has 17 heavy (non-hydrogen) atoms. The van der Waals surface area contributed by atoms with Crippen molar-refractivity contribution in [3.05, 3.63) is 0 Å². The predicted octanol–water partition coefficient (Wildman–Crippen LogP) is 2.01. The van der Waals surface area contributed by atoms with Gasteiger partial charge in [-0.05, 0) is 51.5 Å². The Bertz CT molecular complexity index is 265. The maximum Gasteiger partial charge on any atom is 0.226 e. The van der Waals surface area contributed by atoms with Crippen molar-refractivity contribution in [3.63, 3.8) is 0 Å². The van der Waals surface area contributed by atoms with Gasteiger partial charge in [0.25, 0.3) is 0 Å². The van der Waals surface area contributed by atoms with E-state index < -0.39 is 0 Å². The summed E-state index contributed by atoms with van der Waals surface area (Å²) in [6, 6.07) is 0.316. The molecule has 0 aromatic rings. The van der Waals surface area contributed by atoms with Crippen LogP contribution in [0.2, 0.25) is 0 Å². The summed E-state index contributed by atoms with van der Waals surface area (Å²) in [6.45, 7) is 5.73. The molecule has 2 fully saturated rings. The second-order valence-corrected chi connectivity index (χ2v) is 5.91. The van der Waals surface area contributed by atoms with E-state index in [0.29, 0.717) is 24.4 Å². The molecular weight excluding hydrogens is 212 g/mol. The molecule has 2 rings (SSSR count). The lowest BCUT2D eigenvalue weighted by molar-refractivity contribution is -0.135. The topological polar surface area (TPSA) is 46.3 Å². The van der Waals surface area contributed by atoms with E-state index in [1.165, 1.54) is 25.7 Å². The van der Waals surface area contributed by atoms with Gasteiger partial charge in [-0.25, -0.2) is 0 Å². The molecule has 2 unspecified atom stereocenters. The summed E-state index contributed by atoms with van der Waals surface area (Å²) in [7, 11) is 0. The number of rotatable bonds is 5. The molecule has 98 valence electrons. The molecule has 3 nitrogen and oxygen atoms in total. The third-order valence-electron chi connectivity index (χ3n) is 4.45. The normalized spacial score (nSPS) is 31.2. The summed E-state index contributed by atoms with van der Waals surface area (Å²) in [5.74, 6) is 2.20. The number of nitrogens with two attached hydrogens (primary N) is 1. The van der Waals surface area contributed by atoms with E-state index in [4.69, 9.17) is 5.73 Å². The fraction of sp³-hybridized carbons (Fsp3) is 0.929. The average molecular weight is 238 g/mol. The summed E-state index contributed by atoms with van der Waals surface area (Å²) >= 11 is 0. The lowest BCUT2D eigenvalue weighted by atomic mass is 10.0. The Balaban J connectivity index is 1.92. The van der Waals surface area contributed by atoms with E-state index in [1.807, 2.05) is 0 Å². The molecule has 2 aliphatic carbocycles. The van der Waals surface area contributed by atoms with E-state index in [1.54, 1.807) is 0 Å². The molecule has 2 aliphatic rings. The van der Waals surface area contributed by atoms with E-state index >= 15 is 0 Å². The molecule has 2 saturated carbocycles. The molecule has 0 heterocycles. The molecule has 0 bridgehead atoms. The summed E-state index contributed by atoms with van der Waals surface area (Å²) in [5, 5.41) is 0. The Hall–Kier alpha value is -0.570. The number of amides is 1. The van der Waals surface area contributed by atoms with Crippen LogP contribution in [-0.4, -0.2) is 29.9 Å². The van der Waals surface area contributed by atoms with Crippen molar-refractivity contribution < 1.29 is 4.79 Å². The molecular formula is C14H26N2O. The molecule has 3 heteroatoms. The fourth-order valence-corrected chi connectivity index (χ4v) is 3.43. The van der Waals surface area contributed by atoms with Crippen molar-refractivity contribution in [3.8, 4) is 0 Å². The van der Waals surface area contributed by atoms with Crippen molar-refractivity contribution in [2.24, 2.45) is 23.5 Å². The van der Waals surface area contributed by atoms with E-state index in [2.05, 4.69) is 18.7 Å². The highest BCUT2D eigenvalue weighted by Crippen LogP contribution is 2.56. The number of carbonyl (C=O) groups excluding carboxylic acids is 1. The smallest absolute Gasteiger partial charge is 0.226 e. The van der Waals surface area contributed by atoms with Gasteiger partial charge in [0.1, 0.15) is 0 Å². The average Bonchev–Trinajstić information content (AvgIpc) is 3.02. The van der Waals surface area contributed by atoms with Crippen LogP contribution in [0.15, 0.2) is 0 Å². The van der Waals surface area contributed by atoms with Crippen molar-refractivity contribution >= 4 is 5.91 Å². The number of hydrogen-bond donors (Lipinski definition) is 1. The highest BCUT2D eigenvalue weighted by molar-refractivity contribution is 5.82. The van der Waals surface area contributed by atoms with Gasteiger partial charge in [-0.3, -0.25) is 4.79 Å². The van der Waals surface area contributed by atoms with Crippen LogP contribution in [-0.2, 0) is 4.79 Å². The standard InChI is InChI=1S/C14H26N2O/c1-10(2)16(9-5-8-15)14(17)13-11-6-3-4-7-12(11)13/h10-13H,3-9,15H2,1-2H3. The molecule has 0 radical (unpaired) electrons. The number of nitrogens with zero attached hydrogens (tertiary/aromatic N) is 1. The lowest BCUT2D eigenvalue weighted by Crippen LogP contribution is -2.40. The van der Waals surface area contributed by atoms with Gasteiger partial charge in [0.2, 0.25) is 5.91 Å². The highest BCUT2D eigenvalue weighted by Gasteiger charge is 2.55. The zero-order chi connectivity index (χ0) is 12.4. The zero-order valence-corrected chi connectivity index (χ0v) is 11.2. The van der Waals surface area contributed by atoms with E-state index in [9.17, 15) is 4.79 Å². The minimum Gasteiger partial charge on any atom is -0.340 e. The molecule has 2 N–H and O–H groups in total. The van der Waals surface area contributed by atoms with Gasteiger partial charge < -0.3 is 10.6 Å².